The van der Waals surface area contributed by atoms with Crippen LogP contribution in [0.1, 0.15) is 56.7 Å². The molecule has 102 valence electrons. The molecule has 0 saturated heterocycles. The van der Waals surface area contributed by atoms with E-state index in [0.29, 0.717) is 12.4 Å². The Balaban J connectivity index is 2.12. The van der Waals surface area contributed by atoms with Gasteiger partial charge in [0.05, 0.1) is 0 Å². The number of methoxy groups -OCH3 is 1. The van der Waals surface area contributed by atoms with Crippen LogP contribution in [0.4, 0.5) is 0 Å². The van der Waals surface area contributed by atoms with Crippen molar-refractivity contribution < 1.29 is 9.26 Å². The van der Waals surface area contributed by atoms with Crippen LogP contribution < -0.4 is 5.73 Å². The van der Waals surface area contributed by atoms with Crippen molar-refractivity contribution >= 4 is 0 Å². The molecule has 18 heavy (non-hydrogen) atoms. The fraction of sp³-hybridized carbons (Fsp3) is 0.846. The average molecular weight is 253 g/mol. The van der Waals surface area contributed by atoms with Crippen molar-refractivity contribution in [1.29, 1.82) is 0 Å². The summed E-state index contributed by atoms with van der Waals surface area (Å²) >= 11 is 0. The highest BCUT2D eigenvalue weighted by molar-refractivity contribution is 5.02. The van der Waals surface area contributed by atoms with Gasteiger partial charge in [-0.2, -0.15) is 4.98 Å². The first-order chi connectivity index (χ1) is 8.80. The van der Waals surface area contributed by atoms with Gasteiger partial charge in [0, 0.05) is 13.5 Å². The van der Waals surface area contributed by atoms with Crippen molar-refractivity contribution in [3.8, 4) is 0 Å². The lowest BCUT2D eigenvalue weighted by atomic mass is 9.93. The van der Waals surface area contributed by atoms with E-state index in [2.05, 4.69) is 10.1 Å². The molecule has 0 radical (unpaired) electrons. The summed E-state index contributed by atoms with van der Waals surface area (Å²) in [5, 5.41) is 4.13. The van der Waals surface area contributed by atoms with Gasteiger partial charge in [0.15, 0.2) is 0 Å². The van der Waals surface area contributed by atoms with Gasteiger partial charge in [0.25, 0.3) is 0 Å². The lowest BCUT2D eigenvalue weighted by molar-refractivity contribution is -0.0365. The Bertz CT molecular complexity index is 357. The minimum absolute atomic E-state index is 0.332. The van der Waals surface area contributed by atoms with E-state index < -0.39 is 0 Å². The molecule has 2 rings (SSSR count). The maximum Gasteiger partial charge on any atom is 0.226 e. The van der Waals surface area contributed by atoms with Gasteiger partial charge in [-0.25, -0.2) is 0 Å². The van der Waals surface area contributed by atoms with Crippen LogP contribution in [0.5, 0.6) is 0 Å². The van der Waals surface area contributed by atoms with Crippen LogP contribution in [0.3, 0.4) is 0 Å². The van der Waals surface area contributed by atoms with Gasteiger partial charge in [0.2, 0.25) is 11.7 Å². The van der Waals surface area contributed by atoms with Crippen LogP contribution in [-0.2, 0) is 16.8 Å². The second-order valence-electron chi connectivity index (χ2n) is 5.02. The van der Waals surface area contributed by atoms with Crippen LogP contribution in [0.25, 0.3) is 0 Å². The third kappa shape index (κ3) is 2.90. The Morgan fingerprint density at radius 2 is 2.00 bits per heavy atom. The first-order valence-corrected chi connectivity index (χ1v) is 6.89. The summed E-state index contributed by atoms with van der Waals surface area (Å²) in [6, 6.07) is 0. The van der Waals surface area contributed by atoms with E-state index in [9.17, 15) is 0 Å². The molecule has 1 saturated carbocycles. The molecule has 0 amide bonds. The quantitative estimate of drug-likeness (QED) is 0.814. The molecule has 1 aliphatic rings. The smallest absolute Gasteiger partial charge is 0.226 e. The molecular weight excluding hydrogens is 230 g/mol. The average Bonchev–Trinajstić information content (AvgIpc) is 2.74. The standard InChI is InChI=1S/C13H23N3O2/c1-17-13(8-4-2-3-5-9-13)12-15-11(18-16-12)7-6-10-14/h2-10,14H2,1H3. The molecule has 0 spiro atoms. The van der Waals surface area contributed by atoms with Crippen LogP contribution in [-0.4, -0.2) is 23.8 Å². The zero-order chi connectivity index (χ0) is 12.8. The van der Waals surface area contributed by atoms with Crippen molar-refractivity contribution in [2.45, 2.75) is 57.0 Å². The van der Waals surface area contributed by atoms with Gasteiger partial charge in [-0.1, -0.05) is 30.8 Å². The number of hydrogen-bond acceptors (Lipinski definition) is 5. The molecule has 5 heteroatoms. The van der Waals surface area contributed by atoms with Crippen LogP contribution >= 0.6 is 0 Å². The van der Waals surface area contributed by atoms with Crippen LogP contribution in [0.15, 0.2) is 4.52 Å². The number of hydrogen-bond donors (Lipinski definition) is 1. The second kappa shape index (κ2) is 6.29. The predicted molar refractivity (Wildman–Crippen MR) is 68.1 cm³/mol. The monoisotopic (exact) mass is 253 g/mol. The zero-order valence-corrected chi connectivity index (χ0v) is 11.2. The van der Waals surface area contributed by atoms with Gasteiger partial charge >= 0.3 is 0 Å². The molecule has 1 heterocycles. The number of nitrogens with zero attached hydrogens (tertiary/aromatic N) is 2. The lowest BCUT2D eigenvalue weighted by Gasteiger charge is -2.27. The van der Waals surface area contributed by atoms with E-state index >= 15 is 0 Å². The Labute approximate surface area is 108 Å². The molecule has 0 bridgehead atoms. The molecule has 0 unspecified atom stereocenters. The maximum atomic E-state index is 5.75. The molecule has 1 aliphatic carbocycles. The molecule has 1 aromatic rings. The molecule has 1 fully saturated rings. The molecule has 2 N–H and O–H groups in total. The van der Waals surface area contributed by atoms with E-state index in [0.717, 1.165) is 31.5 Å². The van der Waals surface area contributed by atoms with Gasteiger partial charge in [0.1, 0.15) is 5.60 Å². The first-order valence-electron chi connectivity index (χ1n) is 6.89. The summed E-state index contributed by atoms with van der Waals surface area (Å²) in [5.41, 5.74) is 5.15. The highest BCUT2D eigenvalue weighted by Crippen LogP contribution is 2.37. The Kier molecular flexibility index (Phi) is 4.72. The van der Waals surface area contributed by atoms with E-state index in [1.807, 2.05) is 0 Å². The topological polar surface area (TPSA) is 74.2 Å². The SMILES string of the molecule is COC1(c2noc(CCCN)n2)CCCCCC1. The van der Waals surface area contributed by atoms with Crippen molar-refractivity contribution in [3.63, 3.8) is 0 Å². The first kappa shape index (κ1) is 13.5. The number of aromatic nitrogens is 2. The Morgan fingerprint density at radius 3 is 2.61 bits per heavy atom. The van der Waals surface area contributed by atoms with Gasteiger partial charge in [-0.05, 0) is 25.8 Å². The molecule has 0 atom stereocenters. The summed E-state index contributed by atoms with van der Waals surface area (Å²) in [5.74, 6) is 1.40. The lowest BCUT2D eigenvalue weighted by Crippen LogP contribution is -2.29. The Hall–Kier alpha value is -0.940. The van der Waals surface area contributed by atoms with Crippen LogP contribution in [0.2, 0.25) is 0 Å². The Morgan fingerprint density at radius 1 is 1.28 bits per heavy atom. The largest absolute Gasteiger partial charge is 0.370 e. The zero-order valence-electron chi connectivity index (χ0n) is 11.2. The number of aryl methyl sites for hydroxylation is 1. The molecule has 0 aromatic carbocycles. The highest BCUT2D eigenvalue weighted by Gasteiger charge is 2.37. The van der Waals surface area contributed by atoms with Crippen LogP contribution in [0, 0.1) is 0 Å². The molecule has 5 nitrogen and oxygen atoms in total. The normalized spacial score (nSPS) is 19.7. The third-order valence-corrected chi connectivity index (χ3v) is 3.77. The van der Waals surface area contributed by atoms with Crippen molar-refractivity contribution in [1.82, 2.24) is 10.1 Å². The predicted octanol–water partition coefficient (Wildman–Crippen LogP) is 2.16. The highest BCUT2D eigenvalue weighted by atomic mass is 16.5. The van der Waals surface area contributed by atoms with Gasteiger partial charge in [-0.15, -0.1) is 0 Å². The summed E-state index contributed by atoms with van der Waals surface area (Å²) in [4.78, 5) is 4.50. The van der Waals surface area contributed by atoms with Crippen molar-refractivity contribution in [2.24, 2.45) is 5.73 Å². The number of ether oxygens (including phenoxy) is 1. The summed E-state index contributed by atoms with van der Waals surface area (Å²) in [6.45, 7) is 0.646. The fourth-order valence-corrected chi connectivity index (χ4v) is 2.61. The molecule has 1 aromatic heterocycles. The molecular formula is C13H23N3O2. The van der Waals surface area contributed by atoms with E-state index in [4.69, 9.17) is 15.0 Å². The third-order valence-electron chi connectivity index (χ3n) is 3.77. The van der Waals surface area contributed by atoms with E-state index in [1.54, 1.807) is 7.11 Å². The summed E-state index contributed by atoms with van der Waals surface area (Å²) < 4.78 is 11.0. The van der Waals surface area contributed by atoms with Gasteiger partial charge in [-0.3, -0.25) is 0 Å². The molecule has 0 aliphatic heterocycles. The van der Waals surface area contributed by atoms with Crippen molar-refractivity contribution in [2.75, 3.05) is 13.7 Å². The number of nitrogens with two attached hydrogens (primary N) is 1. The fourth-order valence-electron chi connectivity index (χ4n) is 2.61. The van der Waals surface area contributed by atoms with E-state index in [-0.39, 0.29) is 5.60 Å². The van der Waals surface area contributed by atoms with Gasteiger partial charge < -0.3 is 15.0 Å². The number of rotatable bonds is 5. The second-order valence-corrected chi connectivity index (χ2v) is 5.02. The minimum atomic E-state index is -0.332. The van der Waals surface area contributed by atoms with Crippen molar-refractivity contribution in [3.05, 3.63) is 11.7 Å². The summed E-state index contributed by atoms with van der Waals surface area (Å²) in [6.07, 6.45) is 8.47. The minimum Gasteiger partial charge on any atom is -0.370 e. The maximum absolute atomic E-state index is 5.75. The van der Waals surface area contributed by atoms with E-state index in [1.165, 1.54) is 25.7 Å². The summed E-state index contributed by atoms with van der Waals surface area (Å²) in [7, 11) is 1.75.